The van der Waals surface area contributed by atoms with Crippen molar-refractivity contribution >= 4 is 0 Å². The van der Waals surface area contributed by atoms with Crippen LogP contribution in [0.4, 0.5) is 0 Å². The lowest BCUT2D eigenvalue weighted by Gasteiger charge is -2.35. The molecule has 2 N–H and O–H groups in total. The van der Waals surface area contributed by atoms with Crippen molar-refractivity contribution in [2.24, 2.45) is 17.6 Å². The van der Waals surface area contributed by atoms with Gasteiger partial charge >= 0.3 is 0 Å². The first kappa shape index (κ1) is 11.4. The van der Waals surface area contributed by atoms with Gasteiger partial charge in [0.05, 0.1) is 0 Å². The van der Waals surface area contributed by atoms with Crippen molar-refractivity contribution < 1.29 is 0 Å². The van der Waals surface area contributed by atoms with Crippen LogP contribution in [0.25, 0.3) is 0 Å². The van der Waals surface area contributed by atoms with Gasteiger partial charge in [0.15, 0.2) is 0 Å². The second-order valence-corrected chi connectivity index (χ2v) is 5.12. The SMILES string of the molecule is Cc1ccc([C@@H]2[C@@H](N)[C@@H](C)C=C[C@H]2C)cc1. The molecule has 16 heavy (non-hydrogen) atoms. The lowest BCUT2D eigenvalue weighted by Crippen LogP contribution is -2.39. The molecular weight excluding hydrogens is 194 g/mol. The Bertz CT molecular complexity index is 377. The van der Waals surface area contributed by atoms with Gasteiger partial charge in [-0.1, -0.05) is 55.8 Å². The molecule has 1 aliphatic rings. The number of aryl methyl sites for hydroxylation is 1. The summed E-state index contributed by atoms with van der Waals surface area (Å²) < 4.78 is 0. The maximum atomic E-state index is 6.33. The highest BCUT2D eigenvalue weighted by atomic mass is 14.7. The van der Waals surface area contributed by atoms with Gasteiger partial charge < -0.3 is 5.73 Å². The van der Waals surface area contributed by atoms with Crippen LogP contribution in [0, 0.1) is 18.8 Å². The van der Waals surface area contributed by atoms with Crippen LogP contribution < -0.4 is 5.73 Å². The molecule has 0 heterocycles. The Balaban J connectivity index is 2.32. The molecule has 4 atom stereocenters. The molecule has 0 radical (unpaired) electrons. The Morgan fingerprint density at radius 2 is 1.50 bits per heavy atom. The molecule has 1 aromatic rings. The van der Waals surface area contributed by atoms with Crippen molar-refractivity contribution in [2.45, 2.75) is 32.7 Å². The molecule has 0 saturated heterocycles. The van der Waals surface area contributed by atoms with Gasteiger partial charge in [-0.2, -0.15) is 0 Å². The monoisotopic (exact) mass is 215 g/mol. The van der Waals surface area contributed by atoms with E-state index in [1.54, 1.807) is 0 Å². The number of hydrogen-bond acceptors (Lipinski definition) is 1. The second kappa shape index (κ2) is 4.42. The lowest BCUT2D eigenvalue weighted by molar-refractivity contribution is 0.366. The van der Waals surface area contributed by atoms with E-state index < -0.39 is 0 Å². The Morgan fingerprint density at radius 1 is 0.938 bits per heavy atom. The standard InChI is InChI=1S/C15H21N/c1-10-4-8-13(9-5-10)14-11(2)6-7-12(3)15(14)16/h4-9,11-12,14-15H,16H2,1-3H3/t11-,12+,14-,15+/m1/s1. The minimum Gasteiger partial charge on any atom is -0.327 e. The highest BCUT2D eigenvalue weighted by Crippen LogP contribution is 2.35. The maximum Gasteiger partial charge on any atom is 0.0174 e. The highest BCUT2D eigenvalue weighted by molar-refractivity contribution is 5.29. The third-order valence-corrected chi connectivity index (χ3v) is 3.77. The van der Waals surface area contributed by atoms with Crippen LogP contribution in [0.5, 0.6) is 0 Å². The Labute approximate surface area is 98.4 Å². The van der Waals surface area contributed by atoms with E-state index in [0.717, 1.165) is 0 Å². The third-order valence-electron chi connectivity index (χ3n) is 3.77. The van der Waals surface area contributed by atoms with Crippen LogP contribution in [0.2, 0.25) is 0 Å². The van der Waals surface area contributed by atoms with Crippen LogP contribution in [-0.4, -0.2) is 6.04 Å². The fourth-order valence-electron chi connectivity index (χ4n) is 2.59. The van der Waals surface area contributed by atoms with Crippen molar-refractivity contribution in [1.82, 2.24) is 0 Å². The summed E-state index contributed by atoms with van der Waals surface area (Å²) in [5.74, 6) is 1.47. The van der Waals surface area contributed by atoms with Gasteiger partial charge in [-0.15, -0.1) is 0 Å². The summed E-state index contributed by atoms with van der Waals surface area (Å²) >= 11 is 0. The van der Waals surface area contributed by atoms with Gasteiger partial charge in [0.1, 0.15) is 0 Å². The Morgan fingerprint density at radius 3 is 2.12 bits per heavy atom. The molecule has 2 rings (SSSR count). The first-order chi connectivity index (χ1) is 7.59. The zero-order valence-electron chi connectivity index (χ0n) is 10.4. The topological polar surface area (TPSA) is 26.0 Å². The molecule has 0 fully saturated rings. The number of benzene rings is 1. The molecule has 0 amide bonds. The van der Waals surface area contributed by atoms with Crippen molar-refractivity contribution in [3.8, 4) is 0 Å². The predicted octanol–water partition coefficient (Wildman–Crippen LogP) is 3.25. The fourth-order valence-corrected chi connectivity index (χ4v) is 2.59. The van der Waals surface area contributed by atoms with Crippen LogP contribution in [-0.2, 0) is 0 Å². The van der Waals surface area contributed by atoms with E-state index in [1.807, 2.05) is 0 Å². The average molecular weight is 215 g/mol. The van der Waals surface area contributed by atoms with Gasteiger partial charge in [0.25, 0.3) is 0 Å². The molecule has 0 saturated carbocycles. The van der Waals surface area contributed by atoms with Gasteiger partial charge in [-0.25, -0.2) is 0 Å². The largest absolute Gasteiger partial charge is 0.327 e. The highest BCUT2D eigenvalue weighted by Gasteiger charge is 2.30. The summed E-state index contributed by atoms with van der Waals surface area (Å²) in [6, 6.07) is 9.04. The number of nitrogens with two attached hydrogens (primary N) is 1. The summed E-state index contributed by atoms with van der Waals surface area (Å²) in [6.45, 7) is 6.58. The second-order valence-electron chi connectivity index (χ2n) is 5.12. The van der Waals surface area contributed by atoms with E-state index in [-0.39, 0.29) is 6.04 Å². The van der Waals surface area contributed by atoms with Crippen LogP contribution in [0.3, 0.4) is 0 Å². The molecule has 86 valence electrons. The number of rotatable bonds is 1. The molecule has 0 spiro atoms. The molecule has 0 aromatic heterocycles. The first-order valence-electron chi connectivity index (χ1n) is 6.10. The molecule has 0 unspecified atom stereocenters. The van der Waals surface area contributed by atoms with Crippen LogP contribution >= 0.6 is 0 Å². The molecule has 1 aromatic carbocycles. The summed E-state index contributed by atoms with van der Waals surface area (Å²) in [5.41, 5.74) is 9.02. The average Bonchev–Trinajstić information content (AvgIpc) is 2.27. The predicted molar refractivity (Wildman–Crippen MR) is 69.4 cm³/mol. The van der Waals surface area contributed by atoms with Crippen molar-refractivity contribution in [3.05, 3.63) is 47.5 Å². The van der Waals surface area contributed by atoms with Gasteiger partial charge in [-0.05, 0) is 24.3 Å². The summed E-state index contributed by atoms with van der Waals surface area (Å²) in [5, 5.41) is 0. The number of hydrogen-bond donors (Lipinski definition) is 1. The minimum absolute atomic E-state index is 0.239. The smallest absolute Gasteiger partial charge is 0.0174 e. The summed E-state index contributed by atoms with van der Waals surface area (Å²) in [7, 11) is 0. The summed E-state index contributed by atoms with van der Waals surface area (Å²) in [4.78, 5) is 0. The Kier molecular flexibility index (Phi) is 3.15. The van der Waals surface area contributed by atoms with Crippen LogP contribution in [0.1, 0.15) is 30.9 Å². The first-order valence-corrected chi connectivity index (χ1v) is 6.10. The van der Waals surface area contributed by atoms with E-state index in [1.165, 1.54) is 11.1 Å². The quantitative estimate of drug-likeness (QED) is 0.715. The molecule has 0 bridgehead atoms. The molecule has 1 heteroatoms. The molecular formula is C15H21N. The van der Waals surface area contributed by atoms with Crippen LogP contribution in [0.15, 0.2) is 36.4 Å². The number of allylic oxidation sites excluding steroid dienone is 1. The third kappa shape index (κ3) is 2.05. The Hall–Kier alpha value is -1.08. The van der Waals surface area contributed by atoms with E-state index in [0.29, 0.717) is 17.8 Å². The van der Waals surface area contributed by atoms with Crippen molar-refractivity contribution in [3.63, 3.8) is 0 Å². The van der Waals surface area contributed by atoms with Gasteiger partial charge in [-0.3, -0.25) is 0 Å². The minimum atomic E-state index is 0.239. The van der Waals surface area contributed by atoms with Gasteiger partial charge in [0, 0.05) is 12.0 Å². The molecule has 1 aliphatic carbocycles. The van der Waals surface area contributed by atoms with E-state index in [4.69, 9.17) is 5.73 Å². The summed E-state index contributed by atoms with van der Waals surface area (Å²) in [6.07, 6.45) is 4.55. The normalized spacial score (nSPS) is 34.0. The molecule has 1 nitrogen and oxygen atoms in total. The maximum absolute atomic E-state index is 6.33. The van der Waals surface area contributed by atoms with Gasteiger partial charge in [0.2, 0.25) is 0 Å². The van der Waals surface area contributed by atoms with Crippen molar-refractivity contribution in [2.75, 3.05) is 0 Å². The van der Waals surface area contributed by atoms with Crippen molar-refractivity contribution in [1.29, 1.82) is 0 Å². The zero-order chi connectivity index (χ0) is 11.7. The lowest BCUT2D eigenvalue weighted by atomic mass is 9.73. The van der Waals surface area contributed by atoms with E-state index >= 15 is 0 Å². The van der Waals surface area contributed by atoms with E-state index in [9.17, 15) is 0 Å². The fraction of sp³-hybridized carbons (Fsp3) is 0.467. The molecule has 0 aliphatic heterocycles. The van der Waals surface area contributed by atoms with E-state index in [2.05, 4.69) is 57.2 Å². The zero-order valence-corrected chi connectivity index (χ0v) is 10.4.